The minimum absolute atomic E-state index is 0.521. The maximum atomic E-state index is 11.4. The van der Waals surface area contributed by atoms with E-state index in [1.54, 1.807) is 0 Å². The highest BCUT2D eigenvalue weighted by Gasteiger charge is 2.53. The molecule has 0 radical (unpaired) electrons. The van der Waals surface area contributed by atoms with E-state index in [0.717, 1.165) is 24.2 Å². The Kier molecular flexibility index (Phi) is 1.06. The van der Waals surface area contributed by atoms with Crippen molar-refractivity contribution in [3.63, 3.8) is 0 Å². The third kappa shape index (κ3) is 0.646. The Morgan fingerprint density at radius 2 is 2.00 bits per heavy atom. The first kappa shape index (κ1) is 6.22. The predicted molar refractivity (Wildman–Crippen MR) is 42.1 cm³/mol. The van der Waals surface area contributed by atoms with Crippen molar-refractivity contribution in [2.45, 2.75) is 32.1 Å². The lowest BCUT2D eigenvalue weighted by Gasteiger charge is -2.22. The summed E-state index contributed by atoms with van der Waals surface area (Å²) in [5.41, 5.74) is 0. The minimum atomic E-state index is 0.521. The second-order valence-electron chi connectivity index (χ2n) is 4.53. The van der Waals surface area contributed by atoms with Crippen LogP contribution >= 0.6 is 0 Å². The standard InChI is InChI=1S/C10H14O/c11-10-5-6-4-9(10)8-3-1-2-7(6)8/h6-9H,1-5H2/t6-,7+,8-,9+/m1/s1. The molecular formula is C10H14O. The molecule has 0 aliphatic heterocycles. The zero-order valence-electron chi connectivity index (χ0n) is 6.75. The van der Waals surface area contributed by atoms with Crippen LogP contribution in [0, 0.1) is 23.7 Å². The summed E-state index contributed by atoms with van der Waals surface area (Å²) in [5, 5.41) is 0. The zero-order valence-corrected chi connectivity index (χ0v) is 6.75. The highest BCUT2D eigenvalue weighted by Crippen LogP contribution is 2.57. The number of carbonyl (C=O) groups is 1. The maximum absolute atomic E-state index is 11.4. The number of hydrogen-bond acceptors (Lipinski definition) is 1. The Hall–Kier alpha value is -0.330. The number of rotatable bonds is 0. The molecule has 1 nitrogen and oxygen atoms in total. The quantitative estimate of drug-likeness (QED) is 0.516. The number of hydrogen-bond donors (Lipinski definition) is 0. The highest BCUT2D eigenvalue weighted by atomic mass is 16.1. The lowest BCUT2D eigenvalue weighted by molar-refractivity contribution is -0.123. The molecule has 0 heterocycles. The van der Waals surface area contributed by atoms with E-state index in [4.69, 9.17) is 0 Å². The Balaban J connectivity index is 1.95. The third-order valence-electron chi connectivity index (χ3n) is 4.18. The van der Waals surface area contributed by atoms with Crippen LogP contribution in [0.25, 0.3) is 0 Å². The van der Waals surface area contributed by atoms with Crippen molar-refractivity contribution < 1.29 is 4.79 Å². The predicted octanol–water partition coefficient (Wildman–Crippen LogP) is 2.01. The molecule has 3 fully saturated rings. The van der Waals surface area contributed by atoms with Crippen LogP contribution < -0.4 is 0 Å². The highest BCUT2D eigenvalue weighted by molar-refractivity contribution is 5.85. The average Bonchev–Trinajstić information content (AvgIpc) is 2.52. The van der Waals surface area contributed by atoms with Crippen molar-refractivity contribution in [2.75, 3.05) is 0 Å². The number of carbonyl (C=O) groups excluding carboxylic acids is 1. The van der Waals surface area contributed by atoms with Gasteiger partial charge in [-0.3, -0.25) is 4.79 Å². The number of fused-ring (bicyclic) bond motifs is 5. The fraction of sp³-hybridized carbons (Fsp3) is 0.900. The largest absolute Gasteiger partial charge is 0.299 e. The Labute approximate surface area is 67.2 Å². The minimum Gasteiger partial charge on any atom is -0.299 e. The van der Waals surface area contributed by atoms with Crippen LogP contribution in [0.3, 0.4) is 0 Å². The third-order valence-corrected chi connectivity index (χ3v) is 4.18. The first-order chi connectivity index (χ1) is 5.36. The van der Waals surface area contributed by atoms with Crippen LogP contribution in [0.15, 0.2) is 0 Å². The normalized spacial score (nSPS) is 53.6. The molecule has 3 aliphatic rings. The number of ketones is 1. The molecule has 0 unspecified atom stereocenters. The van der Waals surface area contributed by atoms with Gasteiger partial charge >= 0.3 is 0 Å². The van der Waals surface area contributed by atoms with E-state index in [-0.39, 0.29) is 0 Å². The fourth-order valence-corrected chi connectivity index (χ4v) is 3.79. The Bertz CT molecular complexity index is 209. The maximum Gasteiger partial charge on any atom is 0.136 e. The van der Waals surface area contributed by atoms with Crippen LogP contribution in [-0.4, -0.2) is 5.78 Å². The first-order valence-electron chi connectivity index (χ1n) is 4.89. The van der Waals surface area contributed by atoms with Gasteiger partial charge in [0.1, 0.15) is 5.78 Å². The van der Waals surface area contributed by atoms with Gasteiger partial charge in [-0.05, 0) is 37.0 Å². The van der Waals surface area contributed by atoms with Crippen LogP contribution in [0.5, 0.6) is 0 Å². The van der Waals surface area contributed by atoms with Gasteiger partial charge in [0.2, 0.25) is 0 Å². The van der Waals surface area contributed by atoms with E-state index in [1.165, 1.54) is 25.7 Å². The van der Waals surface area contributed by atoms with E-state index in [1.807, 2.05) is 0 Å². The molecule has 0 aromatic carbocycles. The summed E-state index contributed by atoms with van der Waals surface area (Å²) in [6.07, 6.45) is 6.38. The molecular weight excluding hydrogens is 136 g/mol. The fourth-order valence-electron chi connectivity index (χ4n) is 3.79. The summed E-state index contributed by atoms with van der Waals surface area (Å²) in [6.45, 7) is 0. The Morgan fingerprint density at radius 1 is 1.18 bits per heavy atom. The molecule has 0 saturated heterocycles. The van der Waals surface area contributed by atoms with Gasteiger partial charge in [-0.2, -0.15) is 0 Å². The summed E-state index contributed by atoms with van der Waals surface area (Å²) in [6, 6.07) is 0. The van der Waals surface area contributed by atoms with E-state index >= 15 is 0 Å². The summed E-state index contributed by atoms with van der Waals surface area (Å²) in [5.74, 6) is 3.74. The molecule has 4 atom stereocenters. The molecule has 0 N–H and O–H groups in total. The average molecular weight is 150 g/mol. The number of Topliss-reactive ketones (excluding diaryl/α,β-unsaturated/α-hetero) is 1. The van der Waals surface area contributed by atoms with Crippen LogP contribution in [0.4, 0.5) is 0 Å². The SMILES string of the molecule is O=C1C[C@H]2C[C@H]1[C@@H]1CCC[C@@H]21. The molecule has 0 amide bonds. The topological polar surface area (TPSA) is 17.1 Å². The van der Waals surface area contributed by atoms with E-state index < -0.39 is 0 Å². The van der Waals surface area contributed by atoms with Gasteiger partial charge < -0.3 is 0 Å². The van der Waals surface area contributed by atoms with Gasteiger partial charge in [-0.25, -0.2) is 0 Å². The summed E-state index contributed by atoms with van der Waals surface area (Å²) in [4.78, 5) is 11.4. The van der Waals surface area contributed by atoms with Crippen molar-refractivity contribution >= 4 is 5.78 Å². The van der Waals surface area contributed by atoms with Crippen LogP contribution in [-0.2, 0) is 4.79 Å². The monoisotopic (exact) mass is 150 g/mol. The summed E-state index contributed by atoms with van der Waals surface area (Å²) >= 11 is 0. The van der Waals surface area contributed by atoms with Crippen LogP contribution in [0.1, 0.15) is 32.1 Å². The lowest BCUT2D eigenvalue weighted by Crippen LogP contribution is -2.23. The smallest absolute Gasteiger partial charge is 0.136 e. The van der Waals surface area contributed by atoms with Crippen molar-refractivity contribution in [1.29, 1.82) is 0 Å². The second-order valence-corrected chi connectivity index (χ2v) is 4.53. The molecule has 1 heteroatoms. The molecule has 3 rings (SSSR count). The van der Waals surface area contributed by atoms with Gasteiger partial charge in [0.15, 0.2) is 0 Å². The Morgan fingerprint density at radius 3 is 2.91 bits per heavy atom. The molecule has 0 aromatic heterocycles. The molecule has 60 valence electrons. The summed E-state index contributed by atoms with van der Waals surface area (Å²) < 4.78 is 0. The lowest BCUT2D eigenvalue weighted by atomic mass is 9.81. The van der Waals surface area contributed by atoms with Crippen molar-refractivity contribution in [1.82, 2.24) is 0 Å². The first-order valence-corrected chi connectivity index (χ1v) is 4.89. The second kappa shape index (κ2) is 1.88. The van der Waals surface area contributed by atoms with Gasteiger partial charge in [0, 0.05) is 12.3 Å². The van der Waals surface area contributed by atoms with E-state index in [2.05, 4.69) is 0 Å². The van der Waals surface area contributed by atoms with Crippen molar-refractivity contribution in [3.8, 4) is 0 Å². The van der Waals surface area contributed by atoms with E-state index in [9.17, 15) is 4.79 Å². The van der Waals surface area contributed by atoms with Gasteiger partial charge in [-0.15, -0.1) is 0 Å². The molecule has 3 saturated carbocycles. The molecule has 3 aliphatic carbocycles. The molecule has 11 heavy (non-hydrogen) atoms. The van der Waals surface area contributed by atoms with E-state index in [0.29, 0.717) is 11.7 Å². The van der Waals surface area contributed by atoms with Gasteiger partial charge in [0.25, 0.3) is 0 Å². The van der Waals surface area contributed by atoms with Crippen molar-refractivity contribution in [2.24, 2.45) is 23.7 Å². The van der Waals surface area contributed by atoms with Gasteiger partial charge in [0.05, 0.1) is 0 Å². The zero-order chi connectivity index (χ0) is 7.42. The molecule has 0 spiro atoms. The molecule has 2 bridgehead atoms. The molecule has 0 aromatic rings. The van der Waals surface area contributed by atoms with Gasteiger partial charge in [-0.1, -0.05) is 6.42 Å². The summed E-state index contributed by atoms with van der Waals surface area (Å²) in [7, 11) is 0. The van der Waals surface area contributed by atoms with Crippen LogP contribution in [0.2, 0.25) is 0 Å². The van der Waals surface area contributed by atoms with Crippen molar-refractivity contribution in [3.05, 3.63) is 0 Å².